The van der Waals surface area contributed by atoms with Crippen LogP contribution in [-0.2, 0) is 0 Å². The molecule has 27 heavy (non-hydrogen) atoms. The van der Waals surface area contributed by atoms with Gasteiger partial charge in [-0.15, -0.1) is 0 Å². The van der Waals surface area contributed by atoms with Crippen LogP contribution in [0, 0.1) is 6.92 Å². The summed E-state index contributed by atoms with van der Waals surface area (Å²) in [7, 11) is 0. The number of pyridine rings is 1. The zero-order valence-electron chi connectivity index (χ0n) is 16.4. The molecule has 6 N–H and O–H groups in total. The van der Waals surface area contributed by atoms with E-state index in [0.29, 0.717) is 30.5 Å². The Bertz CT molecular complexity index is 776. The first-order chi connectivity index (χ1) is 12.9. The predicted octanol–water partition coefficient (Wildman–Crippen LogP) is 1.75. The summed E-state index contributed by atoms with van der Waals surface area (Å²) < 4.78 is 0. The van der Waals surface area contributed by atoms with E-state index in [-0.39, 0.29) is 12.4 Å². The lowest BCUT2D eigenvalue weighted by atomic mass is 10.1. The Morgan fingerprint density at radius 1 is 1.30 bits per heavy atom. The summed E-state index contributed by atoms with van der Waals surface area (Å²) in [4.78, 5) is 8.78. The molecule has 0 aliphatic heterocycles. The van der Waals surface area contributed by atoms with Gasteiger partial charge in [-0.25, -0.2) is 9.98 Å². The fourth-order valence-electron chi connectivity index (χ4n) is 2.98. The molecule has 0 radical (unpaired) electrons. The molecule has 0 aliphatic carbocycles. The Balaban J connectivity index is 2.25. The molecule has 1 aromatic heterocycles. The standard InChI is InChI=1S/C20H31N5O2/c1-4-16(22-9-10-26)7-8-23-20-17(19(21)24-14(3)27)12-15-11-13(2)5-6-18(15)25-20/h5-6,11-12,14,16,22,26-27H,4,7-10H2,1-3H3,(H2,21,24)(H,23,25). The minimum Gasteiger partial charge on any atom is -0.395 e. The number of aryl methyl sites for hydroxylation is 1. The fourth-order valence-corrected chi connectivity index (χ4v) is 2.98. The maximum Gasteiger partial charge on any atom is 0.144 e. The molecule has 2 unspecified atom stereocenters. The average Bonchev–Trinajstić information content (AvgIpc) is 2.63. The minimum atomic E-state index is -0.877. The van der Waals surface area contributed by atoms with E-state index in [0.717, 1.165) is 29.3 Å². The number of hydrogen-bond donors (Lipinski definition) is 5. The van der Waals surface area contributed by atoms with Crippen LogP contribution in [0.5, 0.6) is 0 Å². The molecule has 0 saturated heterocycles. The third-order valence-electron chi connectivity index (χ3n) is 4.39. The maximum atomic E-state index is 9.56. The van der Waals surface area contributed by atoms with Gasteiger partial charge in [-0.1, -0.05) is 18.6 Å². The van der Waals surface area contributed by atoms with Gasteiger partial charge >= 0.3 is 0 Å². The highest BCUT2D eigenvalue weighted by Crippen LogP contribution is 2.22. The van der Waals surface area contributed by atoms with Crippen molar-refractivity contribution in [2.45, 2.75) is 45.9 Å². The number of hydrogen-bond acceptors (Lipinski definition) is 6. The van der Waals surface area contributed by atoms with Crippen LogP contribution in [0.3, 0.4) is 0 Å². The monoisotopic (exact) mass is 373 g/mol. The van der Waals surface area contributed by atoms with Gasteiger partial charge in [-0.05, 0) is 44.9 Å². The summed E-state index contributed by atoms with van der Waals surface area (Å²) in [5.74, 6) is 0.916. The number of nitrogens with one attached hydrogen (secondary N) is 2. The lowest BCUT2D eigenvalue weighted by molar-refractivity contribution is 0.205. The summed E-state index contributed by atoms with van der Waals surface area (Å²) >= 11 is 0. The first kappa shape index (κ1) is 21.1. The van der Waals surface area contributed by atoms with Crippen LogP contribution in [0.25, 0.3) is 10.9 Å². The van der Waals surface area contributed by atoms with Crippen LogP contribution in [0.4, 0.5) is 5.82 Å². The van der Waals surface area contributed by atoms with Gasteiger partial charge in [0.1, 0.15) is 17.9 Å². The molecular formula is C20H31N5O2. The van der Waals surface area contributed by atoms with E-state index in [1.54, 1.807) is 6.92 Å². The van der Waals surface area contributed by atoms with Crippen LogP contribution < -0.4 is 16.4 Å². The van der Waals surface area contributed by atoms with Crippen molar-refractivity contribution in [1.82, 2.24) is 10.3 Å². The minimum absolute atomic E-state index is 0.131. The van der Waals surface area contributed by atoms with Crippen molar-refractivity contribution in [3.8, 4) is 0 Å². The fraction of sp³-hybridized carbons (Fsp3) is 0.500. The molecule has 0 spiro atoms. The summed E-state index contributed by atoms with van der Waals surface area (Å²) in [6, 6.07) is 8.34. The van der Waals surface area contributed by atoms with Crippen molar-refractivity contribution in [1.29, 1.82) is 0 Å². The summed E-state index contributed by atoms with van der Waals surface area (Å²) in [5, 5.41) is 26.2. The van der Waals surface area contributed by atoms with Gasteiger partial charge in [0.25, 0.3) is 0 Å². The first-order valence-corrected chi connectivity index (χ1v) is 9.45. The number of rotatable bonds is 10. The van der Waals surface area contributed by atoms with Crippen molar-refractivity contribution in [3.63, 3.8) is 0 Å². The number of aliphatic imine (C=N–C) groups is 1. The third-order valence-corrected chi connectivity index (χ3v) is 4.39. The van der Waals surface area contributed by atoms with Crippen molar-refractivity contribution < 1.29 is 10.2 Å². The molecule has 2 rings (SSSR count). The Morgan fingerprint density at radius 2 is 2.07 bits per heavy atom. The van der Waals surface area contributed by atoms with E-state index in [1.807, 2.05) is 25.1 Å². The lowest BCUT2D eigenvalue weighted by Crippen LogP contribution is -2.32. The van der Waals surface area contributed by atoms with E-state index >= 15 is 0 Å². The van der Waals surface area contributed by atoms with E-state index < -0.39 is 6.23 Å². The maximum absolute atomic E-state index is 9.56. The number of aromatic nitrogens is 1. The number of fused-ring (bicyclic) bond motifs is 1. The number of amidine groups is 1. The second kappa shape index (κ2) is 10.2. The van der Waals surface area contributed by atoms with Gasteiger partial charge < -0.3 is 26.6 Å². The Hall–Kier alpha value is -2.22. The van der Waals surface area contributed by atoms with Crippen LogP contribution in [0.15, 0.2) is 29.3 Å². The second-order valence-electron chi connectivity index (χ2n) is 6.73. The van der Waals surface area contributed by atoms with E-state index in [9.17, 15) is 5.11 Å². The van der Waals surface area contributed by atoms with Crippen molar-refractivity contribution in [2.24, 2.45) is 10.7 Å². The van der Waals surface area contributed by atoms with Crippen LogP contribution >= 0.6 is 0 Å². The zero-order chi connectivity index (χ0) is 19.8. The molecule has 0 bridgehead atoms. The molecule has 7 nitrogen and oxygen atoms in total. The van der Waals surface area contributed by atoms with Gasteiger partial charge in [0.05, 0.1) is 17.7 Å². The molecule has 1 heterocycles. The quantitative estimate of drug-likeness (QED) is 0.320. The number of aliphatic hydroxyl groups excluding tert-OH is 2. The Morgan fingerprint density at radius 3 is 2.74 bits per heavy atom. The first-order valence-electron chi connectivity index (χ1n) is 9.45. The van der Waals surface area contributed by atoms with Crippen molar-refractivity contribution in [3.05, 3.63) is 35.4 Å². The van der Waals surface area contributed by atoms with E-state index in [4.69, 9.17) is 15.8 Å². The van der Waals surface area contributed by atoms with Gasteiger partial charge in [-0.2, -0.15) is 0 Å². The topological polar surface area (TPSA) is 116 Å². The molecule has 2 atom stereocenters. The van der Waals surface area contributed by atoms with Crippen molar-refractivity contribution in [2.75, 3.05) is 25.0 Å². The third kappa shape index (κ3) is 6.16. The highest BCUT2D eigenvalue weighted by molar-refractivity contribution is 6.04. The smallest absolute Gasteiger partial charge is 0.144 e. The number of aliphatic hydroxyl groups is 2. The van der Waals surface area contributed by atoms with Crippen LogP contribution in [0.1, 0.15) is 37.8 Å². The molecule has 0 amide bonds. The Labute approximate surface area is 160 Å². The molecule has 148 valence electrons. The molecular weight excluding hydrogens is 342 g/mol. The molecule has 2 aromatic rings. The molecule has 7 heteroatoms. The highest BCUT2D eigenvalue weighted by Gasteiger charge is 2.12. The van der Waals surface area contributed by atoms with Crippen LogP contribution in [0.2, 0.25) is 0 Å². The van der Waals surface area contributed by atoms with Gasteiger partial charge in [-0.3, -0.25) is 0 Å². The number of anilines is 1. The molecule has 1 aromatic carbocycles. The number of nitrogens with two attached hydrogens (primary N) is 1. The Kier molecular flexibility index (Phi) is 7.97. The van der Waals surface area contributed by atoms with Crippen molar-refractivity contribution >= 4 is 22.6 Å². The number of benzene rings is 1. The van der Waals surface area contributed by atoms with E-state index in [2.05, 4.69) is 28.6 Å². The summed E-state index contributed by atoms with van der Waals surface area (Å²) in [6.07, 6.45) is 0.986. The molecule has 0 aliphatic rings. The number of nitrogens with zero attached hydrogens (tertiary/aromatic N) is 2. The SMILES string of the molecule is CCC(CCNc1nc2ccc(C)cc2cc1C(N)=NC(C)O)NCCO. The average molecular weight is 374 g/mol. The second-order valence-corrected chi connectivity index (χ2v) is 6.73. The van der Waals surface area contributed by atoms with Crippen LogP contribution in [-0.4, -0.2) is 53.0 Å². The van der Waals surface area contributed by atoms with Gasteiger partial charge in [0, 0.05) is 24.5 Å². The summed E-state index contributed by atoms with van der Waals surface area (Å²) in [5.41, 5.74) is 8.82. The van der Waals surface area contributed by atoms with Gasteiger partial charge in [0.15, 0.2) is 0 Å². The van der Waals surface area contributed by atoms with Gasteiger partial charge in [0.2, 0.25) is 0 Å². The highest BCUT2D eigenvalue weighted by atomic mass is 16.3. The predicted molar refractivity (Wildman–Crippen MR) is 111 cm³/mol. The van der Waals surface area contributed by atoms with E-state index in [1.165, 1.54) is 0 Å². The zero-order valence-corrected chi connectivity index (χ0v) is 16.4. The molecule has 0 fully saturated rings. The lowest BCUT2D eigenvalue weighted by Gasteiger charge is -2.18. The summed E-state index contributed by atoms with van der Waals surface area (Å²) in [6.45, 7) is 7.14. The molecule has 0 saturated carbocycles. The largest absolute Gasteiger partial charge is 0.395 e. The normalized spacial score (nSPS) is 14.3.